The van der Waals surface area contributed by atoms with Crippen molar-refractivity contribution in [3.63, 3.8) is 0 Å². The highest BCUT2D eigenvalue weighted by molar-refractivity contribution is 7.90. The zero-order valence-electron chi connectivity index (χ0n) is 27.8. The summed E-state index contributed by atoms with van der Waals surface area (Å²) in [4.78, 5) is 39.4. The summed E-state index contributed by atoms with van der Waals surface area (Å²) in [5, 5.41) is 9.31. The number of ether oxygens (including phenoxy) is 1. The SMILES string of the molecule is Cc1cc(C(=O)O)ccc1-c1nc(C(C)(C)C)c(-c2cnc(S(C)(=O)=O)nc2CN2C(=O)O[C@H](c3cc(C(F)(F)F)cc(C(F)(F)F)c3)[C@@H]2C)s1. The van der Waals surface area contributed by atoms with E-state index in [2.05, 4.69) is 9.97 Å². The Labute approximate surface area is 292 Å². The van der Waals surface area contributed by atoms with Gasteiger partial charge in [-0.1, -0.05) is 26.8 Å². The third kappa shape index (κ3) is 7.71. The van der Waals surface area contributed by atoms with E-state index in [1.165, 1.54) is 36.6 Å². The molecule has 3 heterocycles. The highest BCUT2D eigenvalue weighted by atomic mass is 32.2. The number of carboxylic acid groups (broad SMARTS) is 1. The topological polar surface area (TPSA) is 140 Å². The van der Waals surface area contributed by atoms with Crippen molar-refractivity contribution in [3.8, 4) is 21.0 Å². The van der Waals surface area contributed by atoms with Crippen LogP contribution in [0.15, 0.2) is 47.8 Å². The van der Waals surface area contributed by atoms with Crippen molar-refractivity contribution in [2.75, 3.05) is 6.26 Å². The van der Waals surface area contributed by atoms with Crippen molar-refractivity contribution < 1.29 is 54.2 Å². The molecule has 2 aromatic carbocycles. The van der Waals surface area contributed by atoms with Gasteiger partial charge >= 0.3 is 24.4 Å². The number of carboxylic acids is 1. The number of nitrogens with zero attached hydrogens (tertiary/aromatic N) is 4. The van der Waals surface area contributed by atoms with Gasteiger partial charge < -0.3 is 9.84 Å². The molecule has 0 radical (unpaired) electrons. The van der Waals surface area contributed by atoms with E-state index in [0.29, 0.717) is 38.8 Å². The highest BCUT2D eigenvalue weighted by Crippen LogP contribution is 2.44. The number of aryl methyl sites for hydroxylation is 1. The molecule has 5 rings (SSSR count). The van der Waals surface area contributed by atoms with Gasteiger partial charge in [0.2, 0.25) is 15.0 Å². The second-order valence-electron chi connectivity index (χ2n) is 13.1. The zero-order chi connectivity index (χ0) is 38.0. The number of sulfone groups is 1. The Hall–Kier alpha value is -4.58. The van der Waals surface area contributed by atoms with Crippen molar-refractivity contribution in [2.45, 2.75) is 76.2 Å². The summed E-state index contributed by atoms with van der Waals surface area (Å²) in [7, 11) is -4.00. The molecule has 1 aliphatic rings. The normalized spacial score (nSPS) is 17.2. The maximum absolute atomic E-state index is 13.6. The lowest BCUT2D eigenvalue weighted by Crippen LogP contribution is -2.32. The molecule has 0 bridgehead atoms. The molecule has 4 aromatic rings. The summed E-state index contributed by atoms with van der Waals surface area (Å²) < 4.78 is 112. The molecule has 1 saturated heterocycles. The van der Waals surface area contributed by atoms with Gasteiger partial charge in [0.15, 0.2) is 0 Å². The summed E-state index contributed by atoms with van der Waals surface area (Å²) in [6, 6.07) is 4.34. The third-order valence-electron chi connectivity index (χ3n) is 8.11. The first kappa shape index (κ1) is 37.7. The van der Waals surface area contributed by atoms with Crippen LogP contribution >= 0.6 is 11.3 Å². The molecule has 1 N–H and O–H groups in total. The Bertz CT molecular complexity index is 2130. The molecule has 2 aromatic heterocycles. The van der Waals surface area contributed by atoms with Crippen LogP contribution in [0.5, 0.6) is 0 Å². The number of amides is 1. The maximum Gasteiger partial charge on any atom is 0.416 e. The molecule has 1 aliphatic heterocycles. The molecule has 18 heteroatoms. The van der Waals surface area contributed by atoms with Crippen LogP contribution in [0.4, 0.5) is 31.1 Å². The van der Waals surface area contributed by atoms with Crippen LogP contribution in [0.25, 0.3) is 21.0 Å². The van der Waals surface area contributed by atoms with E-state index in [1.807, 2.05) is 20.8 Å². The lowest BCUT2D eigenvalue weighted by molar-refractivity contribution is -0.143. The summed E-state index contributed by atoms with van der Waals surface area (Å²) in [6.07, 6.45) is -10.8. The van der Waals surface area contributed by atoms with Gasteiger partial charge in [0.1, 0.15) is 11.1 Å². The van der Waals surface area contributed by atoms with Gasteiger partial charge in [-0.25, -0.2) is 33.0 Å². The number of carbonyl (C=O) groups is 2. The third-order valence-corrected chi connectivity index (χ3v) is 10.1. The average Bonchev–Trinajstić information content (AvgIpc) is 3.57. The molecule has 1 amide bonds. The van der Waals surface area contributed by atoms with E-state index in [4.69, 9.17) is 9.72 Å². The van der Waals surface area contributed by atoms with Crippen molar-refractivity contribution >= 4 is 33.2 Å². The molecule has 0 aliphatic carbocycles. The van der Waals surface area contributed by atoms with Crippen molar-refractivity contribution in [1.29, 1.82) is 0 Å². The van der Waals surface area contributed by atoms with Crippen LogP contribution < -0.4 is 0 Å². The minimum absolute atomic E-state index is 0.00598. The first-order chi connectivity index (χ1) is 23.4. The van der Waals surface area contributed by atoms with Gasteiger partial charge in [0.05, 0.1) is 45.5 Å². The molecule has 10 nitrogen and oxygen atoms in total. The molecule has 1 fully saturated rings. The number of rotatable bonds is 7. The molecular weight excluding hydrogens is 727 g/mol. The fraction of sp³-hybridized carbons (Fsp3) is 0.364. The van der Waals surface area contributed by atoms with Gasteiger partial charge in [-0.05, 0) is 55.3 Å². The number of carbonyl (C=O) groups excluding carboxylic acids is 1. The van der Waals surface area contributed by atoms with Gasteiger partial charge in [-0.3, -0.25) is 4.90 Å². The summed E-state index contributed by atoms with van der Waals surface area (Å²) in [5.41, 5.74) is -2.23. The number of aromatic nitrogens is 3. The van der Waals surface area contributed by atoms with E-state index < -0.39 is 80.2 Å². The Morgan fingerprint density at radius 2 is 1.59 bits per heavy atom. The highest BCUT2D eigenvalue weighted by Gasteiger charge is 2.44. The quantitative estimate of drug-likeness (QED) is 0.146. The molecule has 0 spiro atoms. The van der Waals surface area contributed by atoms with Gasteiger partial charge in [0, 0.05) is 29.0 Å². The van der Waals surface area contributed by atoms with Crippen molar-refractivity contribution in [2.24, 2.45) is 0 Å². The lowest BCUT2D eigenvalue weighted by atomic mass is 9.89. The van der Waals surface area contributed by atoms with E-state index in [-0.39, 0.29) is 22.9 Å². The van der Waals surface area contributed by atoms with E-state index >= 15 is 0 Å². The Kier molecular flexibility index (Phi) is 9.51. The van der Waals surface area contributed by atoms with Gasteiger partial charge in [0.25, 0.3) is 0 Å². The number of alkyl halides is 6. The molecule has 2 atom stereocenters. The summed E-state index contributed by atoms with van der Waals surface area (Å²) in [5.74, 6) is -1.11. The number of cyclic esters (lactones) is 1. The predicted molar refractivity (Wildman–Crippen MR) is 173 cm³/mol. The second kappa shape index (κ2) is 12.9. The van der Waals surface area contributed by atoms with Gasteiger partial charge in [-0.2, -0.15) is 26.3 Å². The number of halogens is 6. The zero-order valence-corrected chi connectivity index (χ0v) is 29.4. The summed E-state index contributed by atoms with van der Waals surface area (Å²) in [6.45, 7) is 8.23. The molecule has 0 saturated carbocycles. The predicted octanol–water partition coefficient (Wildman–Crippen LogP) is 8.09. The smallest absolute Gasteiger partial charge is 0.416 e. The minimum atomic E-state index is -5.13. The van der Waals surface area contributed by atoms with Crippen LogP contribution in [0.3, 0.4) is 0 Å². The molecular formula is C33H30F6N4O6S2. The second-order valence-corrected chi connectivity index (χ2v) is 16.0. The van der Waals surface area contributed by atoms with Crippen LogP contribution in [0.1, 0.15) is 77.8 Å². The fourth-order valence-corrected chi connectivity index (χ4v) is 7.43. The average molecular weight is 757 g/mol. The number of hydrogen-bond acceptors (Lipinski definition) is 9. The van der Waals surface area contributed by atoms with Crippen molar-refractivity contribution in [3.05, 3.63) is 81.8 Å². The number of benzene rings is 2. The maximum atomic E-state index is 13.6. The van der Waals surface area contributed by atoms with E-state index in [0.717, 1.165) is 11.2 Å². The number of aromatic carboxylic acids is 1. The lowest BCUT2D eigenvalue weighted by Gasteiger charge is -2.23. The number of thiazole rings is 1. The van der Waals surface area contributed by atoms with Crippen LogP contribution in [0.2, 0.25) is 0 Å². The molecule has 51 heavy (non-hydrogen) atoms. The van der Waals surface area contributed by atoms with Crippen LogP contribution in [-0.2, 0) is 38.9 Å². The van der Waals surface area contributed by atoms with E-state index in [1.54, 1.807) is 13.0 Å². The van der Waals surface area contributed by atoms with Crippen LogP contribution in [0, 0.1) is 6.92 Å². The molecule has 272 valence electrons. The summed E-state index contributed by atoms with van der Waals surface area (Å²) >= 11 is 1.18. The largest absolute Gasteiger partial charge is 0.478 e. The Morgan fingerprint density at radius 3 is 2.10 bits per heavy atom. The Balaban J connectivity index is 1.62. The van der Waals surface area contributed by atoms with E-state index in [9.17, 15) is 49.5 Å². The molecule has 0 unspecified atom stereocenters. The number of hydrogen-bond donors (Lipinski definition) is 1. The monoisotopic (exact) mass is 756 g/mol. The van der Waals surface area contributed by atoms with Crippen molar-refractivity contribution in [1.82, 2.24) is 19.9 Å². The van der Waals surface area contributed by atoms with Gasteiger partial charge in [-0.15, -0.1) is 11.3 Å². The standard InChI is InChI=1S/C33H30F6N4O6S2/c1-15-9-17(28(44)45)7-8-21(15)27-42-26(31(3,4)5)25(50-27)22-13-40-29(51(6,47)48)41-23(22)14-43-16(2)24(49-30(43)46)18-10-19(32(34,35)36)12-20(11-18)33(37,38)39/h7-13,16,24H,14H2,1-6H3,(H,44,45)/t16-,24-/m0/s1. The minimum Gasteiger partial charge on any atom is -0.478 e. The Morgan fingerprint density at radius 1 is 0.980 bits per heavy atom. The fourth-order valence-electron chi connectivity index (χ4n) is 5.51. The van der Waals surface area contributed by atoms with Crippen LogP contribution in [-0.4, -0.2) is 57.7 Å². The first-order valence-electron chi connectivity index (χ1n) is 15.0. The first-order valence-corrected chi connectivity index (χ1v) is 17.8.